The van der Waals surface area contributed by atoms with Crippen LogP contribution in [0.25, 0.3) is 10.9 Å². The third-order valence-electron chi connectivity index (χ3n) is 9.19. The number of hydrogen-bond donors (Lipinski definition) is 1. The number of rotatable bonds is 6. The fourth-order valence-corrected chi connectivity index (χ4v) is 7.29. The molecule has 3 aliphatic rings. The molecule has 3 aromatic rings. The van der Waals surface area contributed by atoms with Crippen molar-refractivity contribution in [1.29, 1.82) is 0 Å². The minimum Gasteiger partial charge on any atom is -0.497 e. The first-order valence-corrected chi connectivity index (χ1v) is 13.8. The molecule has 2 fully saturated rings. The van der Waals surface area contributed by atoms with Crippen LogP contribution in [0.2, 0.25) is 0 Å². The van der Waals surface area contributed by atoms with Gasteiger partial charge in [0, 0.05) is 42.9 Å². The minimum absolute atomic E-state index is 0.0292. The molecule has 6 atom stereocenters. The predicted octanol–water partition coefficient (Wildman–Crippen LogP) is 4.15. The third-order valence-corrected chi connectivity index (χ3v) is 9.19. The monoisotopic (exact) mass is 548 g/mol. The highest BCUT2D eigenvalue weighted by Crippen LogP contribution is 2.50. The minimum atomic E-state index is -0.600. The second-order valence-corrected chi connectivity index (χ2v) is 11.0. The van der Waals surface area contributed by atoms with Gasteiger partial charge in [-0.15, -0.1) is 0 Å². The molecule has 0 amide bonds. The molecule has 40 heavy (non-hydrogen) atoms. The van der Waals surface area contributed by atoms with Crippen LogP contribution in [0.5, 0.6) is 11.5 Å². The van der Waals surface area contributed by atoms with E-state index in [1.807, 2.05) is 12.1 Å². The molecule has 1 aliphatic carbocycles. The van der Waals surface area contributed by atoms with Crippen molar-refractivity contribution in [3.05, 3.63) is 59.3 Å². The molecular weight excluding hydrogens is 512 g/mol. The van der Waals surface area contributed by atoms with E-state index < -0.39 is 24.1 Å². The standard InChI is InChI=1S/C31H36N2O7/c1-36-19-7-5-17(6-8-19)30(34)40-26-13-18-16-33-12-11-22-21-10-9-20(37-2)14-24(21)32-28(22)25(33)15-23(18)27(29(26)38-3)31(35)39-4/h5-10,14,18,23,25-27,29,32H,11-13,15-16H2,1-4H3/t18-,23+,25-,26-,27+,29+/m1/s1. The number of hydrogen-bond acceptors (Lipinski definition) is 8. The summed E-state index contributed by atoms with van der Waals surface area (Å²) in [6.07, 6.45) is 1.20. The van der Waals surface area contributed by atoms with Crippen molar-refractivity contribution in [2.75, 3.05) is 41.5 Å². The molecule has 212 valence electrons. The molecule has 1 N–H and O–H groups in total. The number of aromatic nitrogens is 1. The van der Waals surface area contributed by atoms with E-state index in [9.17, 15) is 9.59 Å². The number of esters is 2. The van der Waals surface area contributed by atoms with Gasteiger partial charge in [0.05, 0.1) is 38.9 Å². The lowest BCUT2D eigenvalue weighted by atomic mass is 9.63. The van der Waals surface area contributed by atoms with Crippen LogP contribution in [0.3, 0.4) is 0 Å². The second-order valence-electron chi connectivity index (χ2n) is 11.0. The highest BCUT2D eigenvalue weighted by Gasteiger charge is 2.54. The first kappa shape index (κ1) is 26.7. The van der Waals surface area contributed by atoms with Crippen molar-refractivity contribution < 1.29 is 33.3 Å². The number of nitrogens with zero attached hydrogens (tertiary/aromatic N) is 1. The normalized spacial score (nSPS) is 27.7. The average Bonchev–Trinajstić information content (AvgIpc) is 3.37. The summed E-state index contributed by atoms with van der Waals surface area (Å²) in [4.78, 5) is 32.6. The Kier molecular flexibility index (Phi) is 7.18. The van der Waals surface area contributed by atoms with Gasteiger partial charge in [0.25, 0.3) is 0 Å². The maximum absolute atomic E-state index is 13.3. The summed E-state index contributed by atoms with van der Waals surface area (Å²) >= 11 is 0. The molecule has 1 saturated heterocycles. The molecular formula is C31H36N2O7. The first-order chi connectivity index (χ1) is 19.4. The smallest absolute Gasteiger partial charge is 0.338 e. The molecule has 0 radical (unpaired) electrons. The topological polar surface area (TPSA) is 99.3 Å². The van der Waals surface area contributed by atoms with E-state index in [0.717, 1.165) is 37.2 Å². The van der Waals surface area contributed by atoms with Crippen LogP contribution in [-0.4, -0.2) is 75.6 Å². The van der Waals surface area contributed by atoms with Gasteiger partial charge in [-0.05, 0) is 73.1 Å². The molecule has 0 bridgehead atoms. The molecule has 2 aromatic carbocycles. The summed E-state index contributed by atoms with van der Waals surface area (Å²) < 4.78 is 27.9. The van der Waals surface area contributed by atoms with E-state index in [-0.39, 0.29) is 23.8 Å². The van der Waals surface area contributed by atoms with Crippen molar-refractivity contribution in [2.45, 2.75) is 37.5 Å². The molecule has 1 saturated carbocycles. The van der Waals surface area contributed by atoms with Crippen LogP contribution in [0.4, 0.5) is 0 Å². The van der Waals surface area contributed by atoms with Gasteiger partial charge in [-0.2, -0.15) is 0 Å². The Balaban J connectivity index is 1.29. The van der Waals surface area contributed by atoms with Crippen molar-refractivity contribution in [3.8, 4) is 11.5 Å². The van der Waals surface area contributed by atoms with Crippen molar-refractivity contribution in [2.24, 2.45) is 17.8 Å². The lowest BCUT2D eigenvalue weighted by molar-refractivity contribution is -0.176. The zero-order valence-electron chi connectivity index (χ0n) is 23.3. The van der Waals surface area contributed by atoms with Gasteiger partial charge < -0.3 is 28.7 Å². The largest absolute Gasteiger partial charge is 0.497 e. The van der Waals surface area contributed by atoms with Gasteiger partial charge in [0.2, 0.25) is 0 Å². The number of piperidine rings is 1. The Morgan fingerprint density at radius 2 is 1.70 bits per heavy atom. The van der Waals surface area contributed by atoms with Crippen molar-refractivity contribution >= 4 is 22.8 Å². The van der Waals surface area contributed by atoms with Crippen LogP contribution >= 0.6 is 0 Å². The van der Waals surface area contributed by atoms with E-state index in [1.54, 1.807) is 45.6 Å². The molecule has 1 aromatic heterocycles. The molecule has 9 heteroatoms. The van der Waals surface area contributed by atoms with Crippen LogP contribution in [-0.2, 0) is 25.4 Å². The summed E-state index contributed by atoms with van der Waals surface area (Å²) in [5.74, 6) is 0.364. The van der Waals surface area contributed by atoms with Crippen LogP contribution in [0.15, 0.2) is 42.5 Å². The quantitative estimate of drug-likeness (QED) is 0.459. The molecule has 3 heterocycles. The number of carbonyl (C=O) groups excluding carboxylic acids is 2. The zero-order valence-corrected chi connectivity index (χ0v) is 23.3. The number of ether oxygens (including phenoxy) is 5. The first-order valence-electron chi connectivity index (χ1n) is 13.8. The molecule has 0 unspecified atom stereocenters. The Hall–Kier alpha value is -3.56. The number of aromatic amines is 1. The van der Waals surface area contributed by atoms with Gasteiger partial charge in [-0.3, -0.25) is 9.69 Å². The summed E-state index contributed by atoms with van der Waals surface area (Å²) in [6.45, 7) is 1.75. The number of nitrogens with one attached hydrogen (secondary N) is 1. The SMILES string of the molecule is COC(=O)[C@H]1[C@H]2C[C@@H]3c4[nH]c5cc(OC)ccc5c4CCN3C[C@H]2C[C@@H](OC(=O)c2ccc(OC)cc2)[C@@H]1OC. The van der Waals surface area contributed by atoms with Gasteiger partial charge in [0.1, 0.15) is 23.7 Å². The average molecular weight is 549 g/mol. The molecule has 2 aliphatic heterocycles. The molecule has 0 spiro atoms. The lowest BCUT2D eigenvalue weighted by Gasteiger charge is -2.52. The Morgan fingerprint density at radius 3 is 2.40 bits per heavy atom. The Bertz CT molecular complexity index is 1400. The zero-order chi connectivity index (χ0) is 28.0. The summed E-state index contributed by atoms with van der Waals surface area (Å²) in [5, 5.41) is 1.23. The molecule has 9 nitrogen and oxygen atoms in total. The summed E-state index contributed by atoms with van der Waals surface area (Å²) in [7, 11) is 6.25. The fourth-order valence-electron chi connectivity index (χ4n) is 7.29. The number of benzene rings is 2. The number of carbonyl (C=O) groups is 2. The van der Waals surface area contributed by atoms with Gasteiger partial charge in [-0.1, -0.05) is 0 Å². The van der Waals surface area contributed by atoms with E-state index in [0.29, 0.717) is 17.7 Å². The second kappa shape index (κ2) is 10.8. The lowest BCUT2D eigenvalue weighted by Crippen LogP contribution is -2.58. The van der Waals surface area contributed by atoms with Gasteiger partial charge in [-0.25, -0.2) is 4.79 Å². The molecule has 6 rings (SSSR count). The van der Waals surface area contributed by atoms with E-state index in [2.05, 4.69) is 16.0 Å². The number of fused-ring (bicyclic) bond motifs is 6. The van der Waals surface area contributed by atoms with Crippen molar-refractivity contribution in [3.63, 3.8) is 0 Å². The van der Waals surface area contributed by atoms with Crippen LogP contribution in [0, 0.1) is 17.8 Å². The van der Waals surface area contributed by atoms with Gasteiger partial charge >= 0.3 is 11.9 Å². The van der Waals surface area contributed by atoms with Crippen LogP contribution in [0.1, 0.15) is 40.5 Å². The van der Waals surface area contributed by atoms with Crippen LogP contribution < -0.4 is 9.47 Å². The predicted molar refractivity (Wildman–Crippen MR) is 148 cm³/mol. The van der Waals surface area contributed by atoms with E-state index in [1.165, 1.54) is 23.8 Å². The maximum atomic E-state index is 13.3. The Labute approximate surface area is 233 Å². The Morgan fingerprint density at radius 1 is 0.950 bits per heavy atom. The number of H-pyrrole nitrogens is 1. The summed E-state index contributed by atoms with van der Waals surface area (Å²) in [5.41, 5.74) is 4.06. The van der Waals surface area contributed by atoms with E-state index in [4.69, 9.17) is 23.7 Å². The fraction of sp³-hybridized carbons (Fsp3) is 0.484. The van der Waals surface area contributed by atoms with E-state index >= 15 is 0 Å². The third kappa shape index (κ3) is 4.51. The van der Waals surface area contributed by atoms with Gasteiger partial charge in [0.15, 0.2) is 0 Å². The number of methoxy groups -OCH3 is 4. The highest BCUT2D eigenvalue weighted by molar-refractivity contribution is 5.90. The maximum Gasteiger partial charge on any atom is 0.338 e. The summed E-state index contributed by atoms with van der Waals surface area (Å²) in [6, 6.07) is 13.2. The highest BCUT2D eigenvalue weighted by atomic mass is 16.6. The van der Waals surface area contributed by atoms with Crippen molar-refractivity contribution in [1.82, 2.24) is 9.88 Å².